The first-order valence-corrected chi connectivity index (χ1v) is 15.5. The number of allylic oxidation sites excluding steroid dienone is 2. The first-order chi connectivity index (χ1) is 20.3. The van der Waals surface area contributed by atoms with Crippen LogP contribution >= 0.6 is 0 Å². The van der Waals surface area contributed by atoms with Gasteiger partial charge >= 0.3 is 11.9 Å². The van der Waals surface area contributed by atoms with E-state index in [-0.39, 0.29) is 37.4 Å². The number of esters is 2. The highest BCUT2D eigenvalue weighted by molar-refractivity contribution is 5.96. The van der Waals surface area contributed by atoms with Crippen LogP contribution in [-0.4, -0.2) is 37.4 Å². The zero-order valence-corrected chi connectivity index (χ0v) is 26.0. The van der Waals surface area contributed by atoms with Crippen LogP contribution in [0.25, 0.3) is 10.8 Å². The van der Waals surface area contributed by atoms with Gasteiger partial charge in [0.2, 0.25) is 0 Å². The molecule has 0 spiro atoms. The van der Waals surface area contributed by atoms with Crippen LogP contribution in [0.4, 0.5) is 0 Å². The second kappa shape index (κ2) is 16.8. The summed E-state index contributed by atoms with van der Waals surface area (Å²) in [7, 11) is 0. The smallest absolute Gasteiger partial charge is 0.333 e. The average molecular weight is 577 g/mol. The summed E-state index contributed by atoms with van der Waals surface area (Å²) in [4.78, 5) is 24.7. The number of unbranched alkanes of at least 4 members (excludes halogenated alkanes) is 4. The van der Waals surface area contributed by atoms with E-state index in [2.05, 4.69) is 39.2 Å². The summed E-state index contributed by atoms with van der Waals surface area (Å²) in [5.41, 5.74) is 2.91. The van der Waals surface area contributed by atoms with Crippen LogP contribution in [0, 0.1) is 0 Å². The standard InChI is InChI=1S/C36H48O6/c1-7-9-11-17-27(41-35(37)25(3)4)23-39-33-29-19-13-15-21-31(29)34(32-22-16-14-20-30(32)33)40-24-28(18-12-10-8-2)42-36(38)26(5)6/h13-16,19,21,27-28H,3,5,7-12,17-18,20,22-24H2,1-2,4,6H3. The third kappa shape index (κ3) is 9.23. The highest BCUT2D eigenvalue weighted by atomic mass is 16.6. The summed E-state index contributed by atoms with van der Waals surface area (Å²) in [5.74, 6) is 0.828. The van der Waals surface area contributed by atoms with E-state index in [1.165, 1.54) is 0 Å². The van der Waals surface area contributed by atoms with Crippen molar-refractivity contribution in [2.75, 3.05) is 13.2 Å². The zero-order chi connectivity index (χ0) is 30.5. The van der Waals surface area contributed by atoms with Crippen LogP contribution in [0.1, 0.15) is 90.2 Å². The van der Waals surface area contributed by atoms with Gasteiger partial charge in [0.25, 0.3) is 0 Å². The molecule has 0 saturated carbocycles. The summed E-state index contributed by atoms with van der Waals surface area (Å²) in [6.45, 7) is 15.6. The molecule has 0 heterocycles. The first-order valence-electron chi connectivity index (χ1n) is 15.5. The Balaban J connectivity index is 1.92. The summed E-state index contributed by atoms with van der Waals surface area (Å²) in [6, 6.07) is 8.07. The van der Waals surface area contributed by atoms with E-state index in [4.69, 9.17) is 18.9 Å². The van der Waals surface area contributed by atoms with Crippen molar-refractivity contribution in [3.05, 3.63) is 71.8 Å². The molecule has 3 rings (SSSR count). The quantitative estimate of drug-likeness (QED) is 0.0768. The van der Waals surface area contributed by atoms with Gasteiger partial charge in [-0.3, -0.25) is 0 Å². The summed E-state index contributed by atoms with van der Waals surface area (Å²) >= 11 is 0. The van der Waals surface area contributed by atoms with Crippen molar-refractivity contribution >= 4 is 22.7 Å². The van der Waals surface area contributed by atoms with Crippen molar-refractivity contribution in [2.24, 2.45) is 0 Å². The minimum Gasteiger partial charge on any atom is -0.489 e. The lowest BCUT2D eigenvalue weighted by Gasteiger charge is -2.26. The third-order valence-corrected chi connectivity index (χ3v) is 7.47. The minimum atomic E-state index is -0.389. The number of hydrogen-bond donors (Lipinski definition) is 0. The molecule has 42 heavy (non-hydrogen) atoms. The van der Waals surface area contributed by atoms with Gasteiger partial charge in [0.1, 0.15) is 36.9 Å². The lowest BCUT2D eigenvalue weighted by Crippen LogP contribution is -2.27. The molecule has 1 aliphatic carbocycles. The van der Waals surface area contributed by atoms with Gasteiger partial charge in [-0.2, -0.15) is 0 Å². The molecule has 228 valence electrons. The van der Waals surface area contributed by atoms with Crippen LogP contribution < -0.4 is 9.47 Å². The predicted octanol–water partition coefficient (Wildman–Crippen LogP) is 8.39. The molecule has 2 aromatic rings. The van der Waals surface area contributed by atoms with E-state index in [0.717, 1.165) is 84.8 Å². The highest BCUT2D eigenvalue weighted by Crippen LogP contribution is 2.43. The molecule has 6 nitrogen and oxygen atoms in total. The van der Waals surface area contributed by atoms with Crippen molar-refractivity contribution in [3.63, 3.8) is 0 Å². The SMILES string of the molecule is C=C(C)C(=O)OC(CCCCC)COc1c2c(c(OCC(CCCCC)OC(=O)C(=C)C)c3ccccc13)CC=CC2. The number of fused-ring (bicyclic) bond motifs is 2. The van der Waals surface area contributed by atoms with Crippen LogP contribution in [0.3, 0.4) is 0 Å². The Hall–Kier alpha value is -3.54. The number of carbonyl (C=O) groups is 2. The third-order valence-electron chi connectivity index (χ3n) is 7.47. The molecule has 0 bridgehead atoms. The van der Waals surface area contributed by atoms with Crippen molar-refractivity contribution < 1.29 is 28.5 Å². The molecule has 0 amide bonds. The fourth-order valence-corrected chi connectivity index (χ4v) is 5.10. The molecule has 0 radical (unpaired) electrons. The molecule has 2 atom stereocenters. The van der Waals surface area contributed by atoms with Crippen molar-refractivity contribution in [1.82, 2.24) is 0 Å². The maximum Gasteiger partial charge on any atom is 0.333 e. The molecule has 0 saturated heterocycles. The molecule has 6 heteroatoms. The molecule has 2 aromatic carbocycles. The Labute approximate surface area is 251 Å². The molecular formula is C36H48O6. The van der Waals surface area contributed by atoms with Crippen LogP contribution in [0.15, 0.2) is 60.7 Å². The van der Waals surface area contributed by atoms with Crippen molar-refractivity contribution in [1.29, 1.82) is 0 Å². The lowest BCUT2D eigenvalue weighted by atomic mass is 9.90. The Bertz CT molecular complexity index is 1180. The second-order valence-electron chi connectivity index (χ2n) is 11.3. The van der Waals surface area contributed by atoms with Gasteiger partial charge < -0.3 is 18.9 Å². The minimum absolute atomic E-state index is 0.263. The normalized spacial score (nSPS) is 13.6. The monoisotopic (exact) mass is 576 g/mol. The van der Waals surface area contributed by atoms with E-state index in [1.54, 1.807) is 13.8 Å². The average Bonchev–Trinajstić information content (AvgIpc) is 2.98. The molecule has 0 N–H and O–H groups in total. The summed E-state index contributed by atoms with van der Waals surface area (Å²) in [6.07, 6.45) is 12.7. The van der Waals surface area contributed by atoms with E-state index in [1.807, 2.05) is 24.3 Å². The molecule has 0 fully saturated rings. The van der Waals surface area contributed by atoms with Crippen LogP contribution in [0.2, 0.25) is 0 Å². The van der Waals surface area contributed by atoms with Crippen molar-refractivity contribution in [2.45, 2.75) is 104 Å². The maximum atomic E-state index is 12.4. The molecular weight excluding hydrogens is 528 g/mol. The van der Waals surface area contributed by atoms with Crippen molar-refractivity contribution in [3.8, 4) is 11.5 Å². The number of benzene rings is 2. The van der Waals surface area contributed by atoms with Gasteiger partial charge in [-0.25, -0.2) is 9.59 Å². The Morgan fingerprint density at radius 2 is 1.12 bits per heavy atom. The Morgan fingerprint density at radius 3 is 1.48 bits per heavy atom. The van der Waals surface area contributed by atoms with Gasteiger partial charge in [-0.05, 0) is 52.4 Å². The lowest BCUT2D eigenvalue weighted by molar-refractivity contribution is -0.147. The van der Waals surface area contributed by atoms with Gasteiger partial charge in [-0.15, -0.1) is 0 Å². The number of hydrogen-bond acceptors (Lipinski definition) is 6. The maximum absolute atomic E-state index is 12.4. The fraction of sp³-hybridized carbons (Fsp3) is 0.500. The fourth-order valence-electron chi connectivity index (χ4n) is 5.10. The Kier molecular flexibility index (Phi) is 13.2. The molecule has 0 aromatic heterocycles. The van der Waals surface area contributed by atoms with Gasteiger partial charge in [-0.1, -0.05) is 89.1 Å². The zero-order valence-electron chi connectivity index (χ0n) is 26.0. The van der Waals surface area contributed by atoms with Gasteiger partial charge in [0.05, 0.1) is 0 Å². The van der Waals surface area contributed by atoms with Crippen LogP contribution in [0.5, 0.6) is 11.5 Å². The Morgan fingerprint density at radius 1 is 0.714 bits per heavy atom. The first kappa shape index (κ1) is 33.0. The summed E-state index contributed by atoms with van der Waals surface area (Å²) < 4.78 is 24.6. The van der Waals surface area contributed by atoms with E-state index in [9.17, 15) is 9.59 Å². The molecule has 2 unspecified atom stereocenters. The topological polar surface area (TPSA) is 71.1 Å². The predicted molar refractivity (Wildman–Crippen MR) is 169 cm³/mol. The second-order valence-corrected chi connectivity index (χ2v) is 11.3. The molecule has 0 aliphatic heterocycles. The number of ether oxygens (including phenoxy) is 4. The van der Waals surface area contributed by atoms with E-state index in [0.29, 0.717) is 24.0 Å². The number of rotatable bonds is 18. The number of carbonyl (C=O) groups excluding carboxylic acids is 2. The highest BCUT2D eigenvalue weighted by Gasteiger charge is 2.25. The van der Waals surface area contributed by atoms with E-state index >= 15 is 0 Å². The molecule has 1 aliphatic rings. The summed E-state index contributed by atoms with van der Waals surface area (Å²) in [5, 5.41) is 1.89. The van der Waals surface area contributed by atoms with Gasteiger partial charge in [0, 0.05) is 33.0 Å². The largest absolute Gasteiger partial charge is 0.489 e. The van der Waals surface area contributed by atoms with Crippen LogP contribution in [-0.2, 0) is 31.9 Å². The van der Waals surface area contributed by atoms with Gasteiger partial charge in [0.15, 0.2) is 0 Å². The van der Waals surface area contributed by atoms with E-state index < -0.39 is 0 Å².